The van der Waals surface area contributed by atoms with Crippen LogP contribution in [-0.2, 0) is 4.79 Å². The van der Waals surface area contributed by atoms with E-state index in [1.807, 2.05) is 57.4 Å². The van der Waals surface area contributed by atoms with E-state index >= 15 is 0 Å². The fraction of sp³-hybridized carbons (Fsp3) is 0.421. The highest BCUT2D eigenvalue weighted by molar-refractivity contribution is 5.92. The van der Waals surface area contributed by atoms with E-state index < -0.39 is 0 Å². The first-order chi connectivity index (χ1) is 12.0. The molecular formula is C19H27N3O3. The van der Waals surface area contributed by atoms with E-state index in [2.05, 4.69) is 15.5 Å². The fourth-order valence-corrected chi connectivity index (χ4v) is 2.63. The summed E-state index contributed by atoms with van der Waals surface area (Å²) in [6, 6.07) is 11.4. The van der Waals surface area contributed by atoms with Crippen LogP contribution in [0.5, 0.6) is 5.75 Å². The number of para-hydroxylation sites is 2. The zero-order valence-corrected chi connectivity index (χ0v) is 15.3. The summed E-state index contributed by atoms with van der Waals surface area (Å²) in [6.07, 6.45) is 2.05. The quantitative estimate of drug-likeness (QED) is 0.731. The number of carbonyl (C=O) groups excluding carboxylic acids is 1. The fourth-order valence-electron chi connectivity index (χ4n) is 2.63. The largest absolute Gasteiger partial charge is 0.495 e. The maximum absolute atomic E-state index is 12.3. The second kappa shape index (κ2) is 9.25. The van der Waals surface area contributed by atoms with E-state index in [4.69, 9.17) is 9.15 Å². The SMILES string of the molecule is COc1ccccc1NC(=O)C[C@H](C)NC[C@H](c1ccco1)N(C)C. The number of hydrogen-bond donors (Lipinski definition) is 2. The number of furan rings is 1. The highest BCUT2D eigenvalue weighted by Crippen LogP contribution is 2.23. The van der Waals surface area contributed by atoms with Gasteiger partial charge in [-0.1, -0.05) is 12.1 Å². The molecule has 0 saturated carbocycles. The van der Waals surface area contributed by atoms with Crippen molar-refractivity contribution in [2.75, 3.05) is 33.1 Å². The number of carbonyl (C=O) groups is 1. The first kappa shape index (κ1) is 19.0. The van der Waals surface area contributed by atoms with Gasteiger partial charge in [0.1, 0.15) is 11.5 Å². The van der Waals surface area contributed by atoms with Gasteiger partial charge in [-0.05, 0) is 45.3 Å². The third-order valence-electron chi connectivity index (χ3n) is 4.03. The van der Waals surface area contributed by atoms with Crippen molar-refractivity contribution in [1.82, 2.24) is 10.2 Å². The molecule has 0 aliphatic rings. The van der Waals surface area contributed by atoms with Crippen LogP contribution in [0.4, 0.5) is 5.69 Å². The van der Waals surface area contributed by atoms with Crippen LogP contribution in [0.15, 0.2) is 47.1 Å². The molecule has 1 heterocycles. The Kier molecular flexibility index (Phi) is 7.03. The lowest BCUT2D eigenvalue weighted by Crippen LogP contribution is -2.37. The molecule has 1 amide bonds. The van der Waals surface area contributed by atoms with Gasteiger partial charge in [-0.3, -0.25) is 9.69 Å². The highest BCUT2D eigenvalue weighted by atomic mass is 16.5. The average molecular weight is 345 g/mol. The molecule has 6 nitrogen and oxygen atoms in total. The summed E-state index contributed by atoms with van der Waals surface area (Å²) in [7, 11) is 5.60. The van der Waals surface area contributed by atoms with Gasteiger partial charge in [0.2, 0.25) is 5.91 Å². The Balaban J connectivity index is 1.84. The molecule has 6 heteroatoms. The second-order valence-electron chi connectivity index (χ2n) is 6.26. The Labute approximate surface area is 149 Å². The Morgan fingerprint density at radius 2 is 2.00 bits per heavy atom. The Morgan fingerprint density at radius 1 is 1.24 bits per heavy atom. The van der Waals surface area contributed by atoms with E-state index in [1.54, 1.807) is 13.4 Å². The van der Waals surface area contributed by atoms with E-state index in [0.29, 0.717) is 24.4 Å². The number of likely N-dealkylation sites (N-methyl/N-ethyl adjacent to an activating group) is 1. The number of hydrogen-bond acceptors (Lipinski definition) is 5. The van der Waals surface area contributed by atoms with E-state index in [0.717, 1.165) is 5.76 Å². The van der Waals surface area contributed by atoms with Crippen LogP contribution in [0.3, 0.4) is 0 Å². The molecule has 0 fully saturated rings. The lowest BCUT2D eigenvalue weighted by atomic mass is 10.1. The van der Waals surface area contributed by atoms with Gasteiger partial charge in [0.25, 0.3) is 0 Å². The topological polar surface area (TPSA) is 66.7 Å². The van der Waals surface area contributed by atoms with Crippen LogP contribution in [0.25, 0.3) is 0 Å². The molecule has 2 atom stereocenters. The normalized spacial score (nSPS) is 13.5. The van der Waals surface area contributed by atoms with E-state index in [9.17, 15) is 4.79 Å². The number of anilines is 1. The zero-order valence-electron chi connectivity index (χ0n) is 15.3. The Bertz CT molecular complexity index is 656. The summed E-state index contributed by atoms with van der Waals surface area (Å²) in [5.74, 6) is 1.51. The highest BCUT2D eigenvalue weighted by Gasteiger charge is 2.18. The molecule has 25 heavy (non-hydrogen) atoms. The molecule has 0 bridgehead atoms. The van der Waals surface area contributed by atoms with Crippen molar-refractivity contribution >= 4 is 11.6 Å². The summed E-state index contributed by atoms with van der Waals surface area (Å²) in [6.45, 7) is 2.69. The molecular weight excluding hydrogens is 318 g/mol. The molecule has 136 valence electrons. The minimum Gasteiger partial charge on any atom is -0.495 e. The van der Waals surface area contributed by atoms with Crippen LogP contribution in [-0.4, -0.2) is 44.6 Å². The number of amides is 1. The Morgan fingerprint density at radius 3 is 2.64 bits per heavy atom. The van der Waals surface area contributed by atoms with Crippen LogP contribution in [0, 0.1) is 0 Å². The lowest BCUT2D eigenvalue weighted by Gasteiger charge is -2.24. The number of methoxy groups -OCH3 is 1. The molecule has 1 aromatic carbocycles. The number of benzene rings is 1. The summed E-state index contributed by atoms with van der Waals surface area (Å²) >= 11 is 0. The standard InChI is InChI=1S/C19H27N3O3/c1-14(20-13-16(22(2)3)18-10-7-11-25-18)12-19(23)21-15-8-5-6-9-17(15)24-4/h5-11,14,16,20H,12-13H2,1-4H3,(H,21,23)/t14-,16+/m0/s1. The van der Waals surface area contributed by atoms with Crippen LogP contribution in [0.2, 0.25) is 0 Å². The average Bonchev–Trinajstić information content (AvgIpc) is 3.09. The van der Waals surface area contributed by atoms with Crippen LogP contribution >= 0.6 is 0 Å². The summed E-state index contributed by atoms with van der Waals surface area (Å²) in [5, 5.41) is 6.30. The number of nitrogens with zero attached hydrogens (tertiary/aromatic N) is 1. The molecule has 0 spiro atoms. The minimum atomic E-state index is -0.0519. The first-order valence-electron chi connectivity index (χ1n) is 8.37. The number of nitrogens with one attached hydrogen (secondary N) is 2. The minimum absolute atomic E-state index is 0.0344. The summed E-state index contributed by atoms with van der Waals surface area (Å²) < 4.78 is 10.8. The molecule has 2 aromatic rings. The third-order valence-corrected chi connectivity index (χ3v) is 4.03. The predicted octanol–water partition coefficient (Wildman–Crippen LogP) is 2.90. The van der Waals surface area contributed by atoms with Gasteiger partial charge in [-0.2, -0.15) is 0 Å². The molecule has 1 aromatic heterocycles. The summed E-state index contributed by atoms with van der Waals surface area (Å²) in [4.78, 5) is 14.4. The van der Waals surface area contributed by atoms with Gasteiger partial charge >= 0.3 is 0 Å². The number of ether oxygens (including phenoxy) is 1. The molecule has 0 radical (unpaired) electrons. The van der Waals surface area contributed by atoms with Crippen LogP contribution < -0.4 is 15.4 Å². The molecule has 0 aliphatic carbocycles. The lowest BCUT2D eigenvalue weighted by molar-refractivity contribution is -0.116. The molecule has 2 N–H and O–H groups in total. The third kappa shape index (κ3) is 5.62. The smallest absolute Gasteiger partial charge is 0.226 e. The zero-order chi connectivity index (χ0) is 18.2. The van der Waals surface area contributed by atoms with Gasteiger partial charge in [0.05, 0.1) is 25.1 Å². The van der Waals surface area contributed by atoms with Crippen molar-refractivity contribution in [2.45, 2.75) is 25.4 Å². The monoisotopic (exact) mass is 345 g/mol. The molecule has 0 saturated heterocycles. The molecule has 0 aliphatic heterocycles. The van der Waals surface area contributed by atoms with Crippen molar-refractivity contribution in [3.8, 4) is 5.75 Å². The predicted molar refractivity (Wildman–Crippen MR) is 98.8 cm³/mol. The maximum Gasteiger partial charge on any atom is 0.226 e. The molecule has 0 unspecified atom stereocenters. The Hall–Kier alpha value is -2.31. The molecule has 2 rings (SSSR count). The number of rotatable bonds is 9. The van der Waals surface area contributed by atoms with Gasteiger partial charge in [-0.25, -0.2) is 0 Å². The van der Waals surface area contributed by atoms with Gasteiger partial charge in [-0.15, -0.1) is 0 Å². The van der Waals surface area contributed by atoms with Crippen molar-refractivity contribution in [1.29, 1.82) is 0 Å². The van der Waals surface area contributed by atoms with Gasteiger partial charge in [0, 0.05) is 19.0 Å². The van der Waals surface area contributed by atoms with Crippen molar-refractivity contribution < 1.29 is 13.9 Å². The van der Waals surface area contributed by atoms with Crippen molar-refractivity contribution in [3.05, 3.63) is 48.4 Å². The maximum atomic E-state index is 12.3. The van der Waals surface area contributed by atoms with Crippen LogP contribution in [0.1, 0.15) is 25.1 Å². The van der Waals surface area contributed by atoms with Gasteiger partial charge in [0.15, 0.2) is 0 Å². The van der Waals surface area contributed by atoms with Crippen molar-refractivity contribution in [3.63, 3.8) is 0 Å². The van der Waals surface area contributed by atoms with Crippen molar-refractivity contribution in [2.24, 2.45) is 0 Å². The van der Waals surface area contributed by atoms with E-state index in [-0.39, 0.29) is 18.0 Å². The summed E-state index contributed by atoms with van der Waals surface area (Å²) in [5.41, 5.74) is 0.684. The first-order valence-corrected chi connectivity index (χ1v) is 8.37. The second-order valence-corrected chi connectivity index (χ2v) is 6.26. The van der Waals surface area contributed by atoms with E-state index in [1.165, 1.54) is 0 Å². The van der Waals surface area contributed by atoms with Gasteiger partial charge < -0.3 is 19.8 Å².